The van der Waals surface area contributed by atoms with E-state index in [9.17, 15) is 4.79 Å². The number of carbonyl (C=O) groups excluding carboxylic acids is 1. The largest absolute Gasteiger partial charge is 0.330 e. The normalized spacial score (nSPS) is 10.4. The van der Waals surface area contributed by atoms with Gasteiger partial charge in [-0.1, -0.05) is 35.4 Å². The molecule has 0 spiro atoms. The zero-order valence-electron chi connectivity index (χ0n) is 13.5. The zero-order chi connectivity index (χ0) is 16.9. The van der Waals surface area contributed by atoms with Crippen LogP contribution in [0.3, 0.4) is 0 Å². The number of anilines is 1. The first kappa shape index (κ1) is 15.7. The number of hydrogen-bond donors (Lipinski definition) is 2. The summed E-state index contributed by atoms with van der Waals surface area (Å²) >= 11 is 0. The van der Waals surface area contributed by atoms with Crippen molar-refractivity contribution in [1.29, 1.82) is 0 Å². The van der Waals surface area contributed by atoms with Crippen molar-refractivity contribution in [3.05, 3.63) is 65.5 Å². The number of benzene rings is 2. The molecule has 2 aromatic carbocycles. The van der Waals surface area contributed by atoms with E-state index >= 15 is 0 Å². The second-order valence-electron chi connectivity index (χ2n) is 5.52. The van der Waals surface area contributed by atoms with Gasteiger partial charge < -0.3 is 10.6 Å². The summed E-state index contributed by atoms with van der Waals surface area (Å²) in [5.74, 6) is 0.554. The second-order valence-corrected chi connectivity index (χ2v) is 5.52. The third kappa shape index (κ3) is 3.75. The van der Waals surface area contributed by atoms with Gasteiger partial charge in [-0.3, -0.25) is 0 Å². The molecule has 2 amide bonds. The van der Waals surface area contributed by atoms with Crippen molar-refractivity contribution < 1.29 is 4.79 Å². The molecule has 0 aliphatic rings. The molecule has 3 aromatic rings. The van der Waals surface area contributed by atoms with Crippen LogP contribution in [-0.2, 0) is 6.54 Å². The zero-order valence-corrected chi connectivity index (χ0v) is 13.5. The smallest absolute Gasteiger partial charge is 0.319 e. The van der Waals surface area contributed by atoms with Crippen molar-refractivity contribution >= 4 is 11.7 Å². The number of carbonyl (C=O) groups is 1. The van der Waals surface area contributed by atoms with Crippen molar-refractivity contribution in [2.45, 2.75) is 20.4 Å². The average molecular weight is 322 g/mol. The number of hydrogen-bond acceptors (Lipinski definition) is 4. The molecule has 0 aliphatic carbocycles. The Morgan fingerprint density at radius 3 is 2.29 bits per heavy atom. The molecule has 1 heterocycles. The molecule has 0 atom stereocenters. The summed E-state index contributed by atoms with van der Waals surface area (Å²) in [5.41, 5.74) is 3.87. The first-order valence-electron chi connectivity index (χ1n) is 7.57. The van der Waals surface area contributed by atoms with E-state index in [0.29, 0.717) is 5.82 Å². The molecule has 24 heavy (non-hydrogen) atoms. The van der Waals surface area contributed by atoms with Crippen LogP contribution in [0.4, 0.5) is 10.5 Å². The number of aromatic nitrogens is 4. The molecule has 3 rings (SSSR count). The molecule has 0 bridgehead atoms. The fourth-order valence-corrected chi connectivity index (χ4v) is 2.17. The summed E-state index contributed by atoms with van der Waals surface area (Å²) in [6, 6.07) is 15.1. The highest BCUT2D eigenvalue weighted by Crippen LogP contribution is 2.10. The minimum atomic E-state index is -0.308. The predicted molar refractivity (Wildman–Crippen MR) is 90.9 cm³/mol. The lowest BCUT2D eigenvalue weighted by atomic mass is 10.2. The maximum Gasteiger partial charge on any atom is 0.319 e. The molecule has 0 unspecified atom stereocenters. The Hall–Kier alpha value is -3.22. The quantitative estimate of drug-likeness (QED) is 0.773. The summed E-state index contributed by atoms with van der Waals surface area (Å²) in [7, 11) is 0. The van der Waals surface area contributed by atoms with Crippen LogP contribution < -0.4 is 10.6 Å². The first-order valence-corrected chi connectivity index (χ1v) is 7.57. The molecular formula is C17H18N6O. The van der Waals surface area contributed by atoms with Gasteiger partial charge in [0, 0.05) is 5.69 Å². The maximum absolute atomic E-state index is 12.0. The summed E-state index contributed by atoms with van der Waals surface area (Å²) in [6.07, 6.45) is 0. The maximum atomic E-state index is 12.0. The van der Waals surface area contributed by atoms with Gasteiger partial charge in [-0.15, -0.1) is 5.10 Å². The topological polar surface area (TPSA) is 84.7 Å². The Kier molecular flexibility index (Phi) is 4.51. The number of urea groups is 1. The molecule has 0 aliphatic heterocycles. The van der Waals surface area contributed by atoms with Crippen LogP contribution in [0, 0.1) is 13.8 Å². The highest BCUT2D eigenvalue weighted by molar-refractivity contribution is 5.89. The number of rotatable bonds is 4. The monoisotopic (exact) mass is 322 g/mol. The van der Waals surface area contributed by atoms with Crippen LogP contribution in [-0.4, -0.2) is 26.2 Å². The van der Waals surface area contributed by atoms with Crippen LogP contribution in [0.5, 0.6) is 0 Å². The van der Waals surface area contributed by atoms with Gasteiger partial charge in [-0.05, 0) is 48.5 Å². The minimum Gasteiger partial charge on any atom is -0.330 e. The lowest BCUT2D eigenvalue weighted by Crippen LogP contribution is -2.29. The Labute approximate surface area is 139 Å². The van der Waals surface area contributed by atoms with Gasteiger partial charge in [0.1, 0.15) is 0 Å². The SMILES string of the molecule is Cc1ccc(NC(=O)NCc2nnnn2-c2ccc(C)cc2)cc1. The number of nitrogens with one attached hydrogen (secondary N) is 2. The Morgan fingerprint density at radius 1 is 1.00 bits per heavy atom. The van der Waals surface area contributed by atoms with Crippen LogP contribution in [0.1, 0.15) is 17.0 Å². The molecule has 2 N–H and O–H groups in total. The van der Waals surface area contributed by atoms with Gasteiger partial charge in [0.25, 0.3) is 0 Å². The van der Waals surface area contributed by atoms with Crippen LogP contribution >= 0.6 is 0 Å². The second kappa shape index (κ2) is 6.91. The van der Waals surface area contributed by atoms with Crippen LogP contribution in [0.15, 0.2) is 48.5 Å². The lowest BCUT2D eigenvalue weighted by molar-refractivity contribution is 0.251. The van der Waals surface area contributed by atoms with Gasteiger partial charge in [-0.2, -0.15) is 4.68 Å². The summed E-state index contributed by atoms with van der Waals surface area (Å²) in [5, 5.41) is 17.1. The fourth-order valence-electron chi connectivity index (χ4n) is 2.17. The van der Waals surface area contributed by atoms with Crippen molar-refractivity contribution in [1.82, 2.24) is 25.5 Å². The first-order chi connectivity index (χ1) is 11.6. The summed E-state index contributed by atoms with van der Waals surface area (Å²) in [4.78, 5) is 12.0. The third-order valence-corrected chi connectivity index (χ3v) is 3.53. The van der Waals surface area contributed by atoms with Crippen molar-refractivity contribution in [3.8, 4) is 5.69 Å². The summed E-state index contributed by atoms with van der Waals surface area (Å²) < 4.78 is 1.60. The Morgan fingerprint density at radius 2 is 1.62 bits per heavy atom. The van der Waals surface area contributed by atoms with Crippen LogP contribution in [0.2, 0.25) is 0 Å². The van der Waals surface area contributed by atoms with Crippen molar-refractivity contribution in [3.63, 3.8) is 0 Å². The Bertz CT molecular complexity index is 823. The molecule has 0 saturated carbocycles. The average Bonchev–Trinajstić information content (AvgIpc) is 3.04. The number of tetrazole rings is 1. The molecule has 0 saturated heterocycles. The molecule has 7 nitrogen and oxygen atoms in total. The van der Waals surface area contributed by atoms with E-state index < -0.39 is 0 Å². The van der Waals surface area contributed by atoms with E-state index in [0.717, 1.165) is 22.5 Å². The van der Waals surface area contributed by atoms with E-state index in [4.69, 9.17) is 0 Å². The molecule has 7 heteroatoms. The van der Waals surface area contributed by atoms with E-state index in [2.05, 4.69) is 26.2 Å². The van der Waals surface area contributed by atoms with Crippen molar-refractivity contribution in [2.24, 2.45) is 0 Å². The molecule has 122 valence electrons. The molecule has 1 aromatic heterocycles. The number of nitrogens with zero attached hydrogens (tertiary/aromatic N) is 4. The highest BCUT2D eigenvalue weighted by atomic mass is 16.2. The molecule has 0 fully saturated rings. The molecular weight excluding hydrogens is 304 g/mol. The van der Waals surface area contributed by atoms with E-state index in [1.807, 2.05) is 62.4 Å². The van der Waals surface area contributed by atoms with E-state index in [1.54, 1.807) is 4.68 Å². The van der Waals surface area contributed by atoms with Gasteiger partial charge >= 0.3 is 6.03 Å². The predicted octanol–water partition coefficient (Wildman–Crippen LogP) is 2.60. The highest BCUT2D eigenvalue weighted by Gasteiger charge is 2.10. The van der Waals surface area contributed by atoms with Gasteiger partial charge in [0.15, 0.2) is 5.82 Å². The number of amides is 2. The van der Waals surface area contributed by atoms with Gasteiger partial charge in [0.2, 0.25) is 0 Å². The number of aryl methyl sites for hydroxylation is 2. The van der Waals surface area contributed by atoms with Gasteiger partial charge in [-0.25, -0.2) is 4.79 Å². The minimum absolute atomic E-state index is 0.221. The fraction of sp³-hybridized carbons (Fsp3) is 0.176. The van der Waals surface area contributed by atoms with Gasteiger partial charge in [0.05, 0.1) is 12.2 Å². The lowest BCUT2D eigenvalue weighted by Gasteiger charge is -2.08. The summed E-state index contributed by atoms with van der Waals surface area (Å²) in [6.45, 7) is 4.23. The van der Waals surface area contributed by atoms with Crippen LogP contribution in [0.25, 0.3) is 5.69 Å². The molecule has 0 radical (unpaired) electrons. The van der Waals surface area contributed by atoms with E-state index in [-0.39, 0.29) is 12.6 Å². The van der Waals surface area contributed by atoms with E-state index in [1.165, 1.54) is 0 Å². The third-order valence-electron chi connectivity index (χ3n) is 3.53. The Balaban J connectivity index is 1.63. The van der Waals surface area contributed by atoms with Crippen molar-refractivity contribution in [2.75, 3.05) is 5.32 Å². The standard InChI is InChI=1S/C17H18N6O/c1-12-3-7-14(8-4-12)19-17(24)18-11-16-20-21-22-23(16)15-9-5-13(2)6-10-15/h3-10H,11H2,1-2H3,(H2,18,19,24).